The third-order valence-corrected chi connectivity index (χ3v) is 3.73. The molecule has 3 rings (SSSR count). The van der Waals surface area contributed by atoms with Crippen LogP contribution in [0.5, 0.6) is 0 Å². The number of hydrogen-bond acceptors (Lipinski definition) is 2. The second-order valence-electron chi connectivity index (χ2n) is 4.77. The molecule has 0 N–H and O–H groups in total. The van der Waals surface area contributed by atoms with E-state index in [1.807, 2.05) is 0 Å². The summed E-state index contributed by atoms with van der Waals surface area (Å²) in [7, 11) is 0. The molecule has 1 unspecified atom stereocenters. The normalized spacial score (nSPS) is 24.2. The van der Waals surface area contributed by atoms with Gasteiger partial charge in [-0.05, 0) is 31.4 Å². The predicted molar refractivity (Wildman–Crippen MR) is 67.1 cm³/mol. The summed E-state index contributed by atoms with van der Waals surface area (Å²) < 4.78 is 0. The molecule has 0 radical (unpaired) electrons. The van der Waals surface area contributed by atoms with Crippen molar-refractivity contribution in [3.8, 4) is 0 Å². The van der Waals surface area contributed by atoms with Gasteiger partial charge in [-0.3, -0.25) is 0 Å². The fourth-order valence-corrected chi connectivity index (χ4v) is 2.80. The Morgan fingerprint density at radius 2 is 2.06 bits per heavy atom. The van der Waals surface area contributed by atoms with Crippen molar-refractivity contribution in [2.45, 2.75) is 38.6 Å². The molecule has 2 aliphatic heterocycles. The number of amidine groups is 1. The van der Waals surface area contributed by atoms with E-state index in [-0.39, 0.29) is 0 Å². The third-order valence-electron chi connectivity index (χ3n) is 3.73. The second kappa shape index (κ2) is 3.93. The lowest BCUT2D eigenvalue weighted by Crippen LogP contribution is -2.35. The molecule has 0 aromatic heterocycles. The summed E-state index contributed by atoms with van der Waals surface area (Å²) in [6.45, 7) is 3.48. The minimum absolute atomic E-state index is 0.502. The summed E-state index contributed by atoms with van der Waals surface area (Å²) >= 11 is 0. The van der Waals surface area contributed by atoms with Gasteiger partial charge in [-0.15, -0.1) is 0 Å². The molecule has 1 saturated heterocycles. The Kier molecular flexibility index (Phi) is 2.43. The molecule has 0 spiro atoms. The fraction of sp³-hybridized carbons (Fsp3) is 0.500. The van der Waals surface area contributed by atoms with E-state index >= 15 is 0 Å². The molecule has 1 atom stereocenters. The van der Waals surface area contributed by atoms with Crippen molar-refractivity contribution in [1.29, 1.82) is 0 Å². The summed E-state index contributed by atoms with van der Waals surface area (Å²) in [5.41, 5.74) is 2.57. The highest BCUT2D eigenvalue weighted by molar-refractivity contribution is 5.87. The van der Waals surface area contributed by atoms with Crippen LogP contribution in [-0.4, -0.2) is 17.3 Å². The molecule has 0 bridgehead atoms. The summed E-state index contributed by atoms with van der Waals surface area (Å²) in [6, 6.07) is 9.06. The summed E-state index contributed by atoms with van der Waals surface area (Å²) in [4.78, 5) is 7.32. The average Bonchev–Trinajstić information content (AvgIpc) is 2.55. The molecule has 2 heterocycles. The maximum absolute atomic E-state index is 4.82. The van der Waals surface area contributed by atoms with Crippen LogP contribution in [-0.2, 0) is 0 Å². The number of fused-ring (bicyclic) bond motifs is 2. The first-order valence-corrected chi connectivity index (χ1v) is 6.29. The van der Waals surface area contributed by atoms with Gasteiger partial charge in [0.05, 0.1) is 11.7 Å². The highest BCUT2D eigenvalue weighted by atomic mass is 15.2. The minimum atomic E-state index is 0.502. The first-order valence-electron chi connectivity index (χ1n) is 6.29. The fourth-order valence-electron chi connectivity index (χ4n) is 2.80. The van der Waals surface area contributed by atoms with Crippen LogP contribution >= 0.6 is 0 Å². The molecule has 0 saturated carbocycles. The summed E-state index contributed by atoms with van der Waals surface area (Å²) in [6.07, 6.45) is 5.10. The molecule has 0 aliphatic carbocycles. The topological polar surface area (TPSA) is 15.6 Å². The largest absolute Gasteiger partial charge is 0.353 e. The Hall–Kier alpha value is -1.31. The van der Waals surface area contributed by atoms with E-state index < -0.39 is 0 Å². The quantitative estimate of drug-likeness (QED) is 0.643. The van der Waals surface area contributed by atoms with Gasteiger partial charge < -0.3 is 4.90 Å². The second-order valence-corrected chi connectivity index (χ2v) is 4.77. The lowest BCUT2D eigenvalue weighted by atomic mass is 10.0. The number of rotatable bonds is 0. The Morgan fingerprint density at radius 1 is 1.19 bits per heavy atom. The van der Waals surface area contributed by atoms with Crippen LogP contribution in [0.25, 0.3) is 0 Å². The maximum Gasteiger partial charge on any atom is 0.105 e. The van der Waals surface area contributed by atoms with Crippen molar-refractivity contribution in [2.75, 3.05) is 6.54 Å². The van der Waals surface area contributed by atoms with E-state index in [1.165, 1.54) is 42.9 Å². The maximum atomic E-state index is 4.82. The molecule has 16 heavy (non-hydrogen) atoms. The van der Waals surface area contributed by atoms with Gasteiger partial charge in [0.15, 0.2) is 0 Å². The number of hydrogen-bond donors (Lipinski definition) is 0. The third kappa shape index (κ3) is 1.53. The van der Waals surface area contributed by atoms with Crippen LogP contribution in [0.15, 0.2) is 29.3 Å². The van der Waals surface area contributed by atoms with Crippen LogP contribution < -0.4 is 0 Å². The molecule has 1 aromatic rings. The van der Waals surface area contributed by atoms with Gasteiger partial charge in [-0.2, -0.15) is 0 Å². The molecule has 2 aliphatic rings. The molecule has 1 fully saturated rings. The van der Waals surface area contributed by atoms with Crippen molar-refractivity contribution in [3.05, 3.63) is 29.8 Å². The monoisotopic (exact) mass is 214 g/mol. The van der Waals surface area contributed by atoms with Crippen molar-refractivity contribution in [2.24, 2.45) is 4.99 Å². The van der Waals surface area contributed by atoms with Crippen LogP contribution in [0, 0.1) is 0 Å². The summed E-state index contributed by atoms with van der Waals surface area (Å²) in [5, 5.41) is 0. The Morgan fingerprint density at radius 3 is 3.00 bits per heavy atom. The first-order chi connectivity index (χ1) is 7.86. The smallest absolute Gasteiger partial charge is 0.105 e. The Labute approximate surface area is 97.0 Å². The van der Waals surface area contributed by atoms with Gasteiger partial charge in [0.2, 0.25) is 0 Å². The van der Waals surface area contributed by atoms with Crippen molar-refractivity contribution < 1.29 is 0 Å². The average molecular weight is 214 g/mol. The lowest BCUT2D eigenvalue weighted by Gasteiger charge is -2.35. The summed E-state index contributed by atoms with van der Waals surface area (Å²) in [5.74, 6) is 1.31. The highest BCUT2D eigenvalue weighted by Crippen LogP contribution is 2.36. The number of nitrogens with zero attached hydrogens (tertiary/aromatic N) is 2. The number of benzene rings is 1. The molecule has 1 aromatic carbocycles. The van der Waals surface area contributed by atoms with E-state index in [4.69, 9.17) is 4.99 Å². The molecular weight excluding hydrogens is 196 g/mol. The minimum Gasteiger partial charge on any atom is -0.353 e. The zero-order valence-corrected chi connectivity index (χ0v) is 9.82. The first kappa shape index (κ1) is 9.88. The molecule has 2 nitrogen and oxygen atoms in total. The van der Waals surface area contributed by atoms with Crippen LogP contribution in [0.3, 0.4) is 0 Å². The van der Waals surface area contributed by atoms with E-state index in [2.05, 4.69) is 36.1 Å². The van der Waals surface area contributed by atoms with E-state index in [9.17, 15) is 0 Å². The number of para-hydroxylation sites is 1. The van der Waals surface area contributed by atoms with Gasteiger partial charge in [0, 0.05) is 13.0 Å². The van der Waals surface area contributed by atoms with E-state index in [1.54, 1.807) is 0 Å². The van der Waals surface area contributed by atoms with Gasteiger partial charge in [-0.25, -0.2) is 4.99 Å². The zero-order chi connectivity index (χ0) is 11.0. The SMILES string of the molecule is CC1c2ccccc2N=C2CCCCCN21. The van der Waals surface area contributed by atoms with Crippen LogP contribution in [0.2, 0.25) is 0 Å². The predicted octanol–water partition coefficient (Wildman–Crippen LogP) is 3.67. The van der Waals surface area contributed by atoms with Crippen molar-refractivity contribution in [3.63, 3.8) is 0 Å². The lowest BCUT2D eigenvalue weighted by molar-refractivity contribution is 0.329. The molecule has 84 valence electrons. The van der Waals surface area contributed by atoms with Gasteiger partial charge in [0.25, 0.3) is 0 Å². The number of aliphatic imine (C=N–C) groups is 1. The van der Waals surface area contributed by atoms with E-state index in [0.717, 1.165) is 6.42 Å². The molecular formula is C14H18N2. The highest BCUT2D eigenvalue weighted by Gasteiger charge is 2.26. The van der Waals surface area contributed by atoms with Crippen molar-refractivity contribution >= 4 is 11.5 Å². The van der Waals surface area contributed by atoms with Crippen molar-refractivity contribution in [1.82, 2.24) is 4.90 Å². The Balaban J connectivity index is 2.05. The Bertz CT molecular complexity index is 422. The van der Waals surface area contributed by atoms with Gasteiger partial charge >= 0.3 is 0 Å². The standard InChI is InChI=1S/C14H18N2/c1-11-12-7-4-5-8-13(12)15-14-9-3-2-6-10-16(11)14/h4-5,7-8,11H,2-3,6,9-10H2,1H3. The van der Waals surface area contributed by atoms with Crippen LogP contribution in [0.1, 0.15) is 44.2 Å². The van der Waals surface area contributed by atoms with Crippen LogP contribution in [0.4, 0.5) is 5.69 Å². The molecule has 0 amide bonds. The van der Waals surface area contributed by atoms with Gasteiger partial charge in [-0.1, -0.05) is 24.6 Å². The van der Waals surface area contributed by atoms with Gasteiger partial charge in [0.1, 0.15) is 5.84 Å². The zero-order valence-electron chi connectivity index (χ0n) is 9.82. The molecule has 2 heteroatoms. The van der Waals surface area contributed by atoms with E-state index in [0.29, 0.717) is 6.04 Å².